The normalized spacial score (nSPS) is 25.8. The van der Waals surface area contributed by atoms with Crippen molar-refractivity contribution in [2.24, 2.45) is 5.92 Å². The Bertz CT molecular complexity index is 350. The zero-order chi connectivity index (χ0) is 11.0. The van der Waals surface area contributed by atoms with Gasteiger partial charge < -0.3 is 10.4 Å². The second-order valence-electron chi connectivity index (χ2n) is 4.81. The lowest BCUT2D eigenvalue weighted by molar-refractivity contribution is 0.466. The van der Waals surface area contributed by atoms with Gasteiger partial charge in [0.1, 0.15) is 5.75 Å². The van der Waals surface area contributed by atoms with E-state index in [1.54, 1.807) is 0 Å². The summed E-state index contributed by atoms with van der Waals surface area (Å²) < 4.78 is 0. The molecular weight excluding hydrogens is 186 g/mol. The van der Waals surface area contributed by atoms with Crippen LogP contribution in [0.3, 0.4) is 0 Å². The maximum absolute atomic E-state index is 9.71. The van der Waals surface area contributed by atoms with Crippen molar-refractivity contribution in [3.63, 3.8) is 0 Å². The van der Waals surface area contributed by atoms with Crippen LogP contribution < -0.4 is 5.32 Å². The van der Waals surface area contributed by atoms with Crippen LogP contribution in [0.2, 0.25) is 0 Å². The van der Waals surface area contributed by atoms with E-state index in [1.165, 1.54) is 12.0 Å². The smallest absolute Gasteiger partial charge is 0.121 e. The Hall–Kier alpha value is -1.02. The maximum Gasteiger partial charge on any atom is 0.121 e. The first-order valence-corrected chi connectivity index (χ1v) is 5.61. The molecule has 0 aliphatic carbocycles. The summed E-state index contributed by atoms with van der Waals surface area (Å²) in [5.41, 5.74) is 3.27. The predicted molar refractivity (Wildman–Crippen MR) is 62.1 cm³/mol. The van der Waals surface area contributed by atoms with Crippen LogP contribution >= 0.6 is 0 Å². The fraction of sp³-hybridized carbons (Fsp3) is 0.538. The molecule has 2 rings (SSSR count). The number of aromatic hydroxyl groups is 1. The number of aryl methyl sites for hydroxylation is 2. The van der Waals surface area contributed by atoms with Crippen LogP contribution in [0.1, 0.15) is 36.1 Å². The Kier molecular flexibility index (Phi) is 2.70. The molecule has 1 aliphatic heterocycles. The van der Waals surface area contributed by atoms with Crippen LogP contribution in [-0.4, -0.2) is 11.7 Å². The van der Waals surface area contributed by atoms with Crippen molar-refractivity contribution in [1.29, 1.82) is 0 Å². The molecule has 1 fully saturated rings. The van der Waals surface area contributed by atoms with Gasteiger partial charge in [-0.2, -0.15) is 0 Å². The Balaban J connectivity index is 2.29. The number of rotatable bonds is 1. The van der Waals surface area contributed by atoms with Gasteiger partial charge in [0.15, 0.2) is 0 Å². The molecule has 0 spiro atoms. The summed E-state index contributed by atoms with van der Waals surface area (Å²) in [6.07, 6.45) is 1.20. The molecule has 2 atom stereocenters. The molecule has 1 aromatic rings. The number of phenolic OH excluding ortho intramolecular Hbond substituents is 1. The monoisotopic (exact) mass is 205 g/mol. The van der Waals surface area contributed by atoms with Gasteiger partial charge >= 0.3 is 0 Å². The summed E-state index contributed by atoms with van der Waals surface area (Å²) in [5.74, 6) is 1.19. The third-order valence-electron chi connectivity index (χ3n) is 3.27. The maximum atomic E-state index is 9.71. The highest BCUT2D eigenvalue weighted by Gasteiger charge is 2.22. The first-order valence-electron chi connectivity index (χ1n) is 5.61. The molecule has 2 N–H and O–H groups in total. The lowest BCUT2D eigenvalue weighted by Crippen LogP contribution is -2.13. The first-order chi connectivity index (χ1) is 7.08. The number of nitrogens with one attached hydrogen (secondary N) is 1. The molecule has 1 saturated heterocycles. The summed E-state index contributed by atoms with van der Waals surface area (Å²) in [7, 11) is 0. The van der Waals surface area contributed by atoms with Gasteiger partial charge in [0, 0.05) is 6.04 Å². The van der Waals surface area contributed by atoms with Crippen LogP contribution in [0.5, 0.6) is 5.75 Å². The lowest BCUT2D eigenvalue weighted by Gasteiger charge is -2.14. The number of hydrogen-bond acceptors (Lipinski definition) is 2. The first kappa shape index (κ1) is 10.5. The average Bonchev–Trinajstić information content (AvgIpc) is 2.60. The standard InChI is InChI=1S/C13H19NO/c1-8-4-12(14-7-8)11-5-9(2)13(15)10(3)6-11/h5-6,8,12,14-15H,4,7H2,1-3H3/t8-,12+/m1/s1. The quantitative estimate of drug-likeness (QED) is 0.738. The van der Waals surface area contributed by atoms with Crippen molar-refractivity contribution in [1.82, 2.24) is 5.32 Å². The summed E-state index contributed by atoms with van der Waals surface area (Å²) >= 11 is 0. The van der Waals surface area contributed by atoms with E-state index in [9.17, 15) is 5.11 Å². The van der Waals surface area contributed by atoms with Crippen molar-refractivity contribution in [3.8, 4) is 5.75 Å². The Labute approximate surface area is 91.3 Å². The van der Waals surface area contributed by atoms with Gasteiger partial charge in [0.25, 0.3) is 0 Å². The molecule has 0 saturated carbocycles. The highest BCUT2D eigenvalue weighted by atomic mass is 16.3. The molecule has 0 aromatic heterocycles. The fourth-order valence-electron chi connectivity index (χ4n) is 2.36. The van der Waals surface area contributed by atoms with Gasteiger partial charge in [0.2, 0.25) is 0 Å². The Morgan fingerprint density at radius 3 is 2.33 bits per heavy atom. The van der Waals surface area contributed by atoms with Gasteiger partial charge in [-0.1, -0.05) is 19.1 Å². The number of benzene rings is 1. The van der Waals surface area contributed by atoms with Crippen molar-refractivity contribution in [2.45, 2.75) is 33.2 Å². The van der Waals surface area contributed by atoms with E-state index in [-0.39, 0.29) is 0 Å². The zero-order valence-electron chi connectivity index (χ0n) is 9.67. The van der Waals surface area contributed by atoms with E-state index in [2.05, 4.69) is 24.4 Å². The third-order valence-corrected chi connectivity index (χ3v) is 3.27. The minimum Gasteiger partial charge on any atom is -0.507 e. The molecule has 15 heavy (non-hydrogen) atoms. The Morgan fingerprint density at radius 2 is 1.87 bits per heavy atom. The minimum absolute atomic E-state index is 0.435. The lowest BCUT2D eigenvalue weighted by atomic mass is 9.97. The minimum atomic E-state index is 0.435. The third kappa shape index (κ3) is 2.00. The summed E-state index contributed by atoms with van der Waals surface area (Å²) in [5, 5.41) is 13.2. The van der Waals surface area contributed by atoms with E-state index in [4.69, 9.17) is 0 Å². The molecule has 1 aromatic carbocycles. The van der Waals surface area contributed by atoms with Crippen LogP contribution in [0, 0.1) is 19.8 Å². The van der Waals surface area contributed by atoms with Crippen molar-refractivity contribution in [2.75, 3.05) is 6.54 Å². The van der Waals surface area contributed by atoms with E-state index in [1.807, 2.05) is 13.8 Å². The van der Waals surface area contributed by atoms with Crippen LogP contribution in [-0.2, 0) is 0 Å². The van der Waals surface area contributed by atoms with Crippen molar-refractivity contribution >= 4 is 0 Å². The molecule has 2 heteroatoms. The molecule has 2 nitrogen and oxygen atoms in total. The van der Waals surface area contributed by atoms with E-state index >= 15 is 0 Å². The molecular formula is C13H19NO. The van der Waals surface area contributed by atoms with Crippen LogP contribution in [0.25, 0.3) is 0 Å². The van der Waals surface area contributed by atoms with Crippen molar-refractivity contribution < 1.29 is 5.11 Å². The van der Waals surface area contributed by atoms with E-state index in [0.717, 1.165) is 23.6 Å². The molecule has 0 unspecified atom stereocenters. The molecule has 0 amide bonds. The van der Waals surface area contributed by atoms with E-state index in [0.29, 0.717) is 11.8 Å². The van der Waals surface area contributed by atoms with E-state index < -0.39 is 0 Å². The molecule has 0 radical (unpaired) electrons. The summed E-state index contributed by atoms with van der Waals surface area (Å²) in [6, 6.07) is 4.66. The van der Waals surface area contributed by atoms with Gasteiger partial charge in [-0.25, -0.2) is 0 Å². The molecule has 1 heterocycles. The zero-order valence-corrected chi connectivity index (χ0v) is 9.67. The molecule has 0 bridgehead atoms. The second-order valence-corrected chi connectivity index (χ2v) is 4.81. The fourth-order valence-corrected chi connectivity index (χ4v) is 2.36. The predicted octanol–water partition coefficient (Wildman–Crippen LogP) is 2.68. The second kappa shape index (κ2) is 3.86. The molecule has 82 valence electrons. The van der Waals surface area contributed by atoms with Crippen molar-refractivity contribution in [3.05, 3.63) is 28.8 Å². The van der Waals surface area contributed by atoms with Crippen LogP contribution in [0.4, 0.5) is 0 Å². The van der Waals surface area contributed by atoms with Gasteiger partial charge in [-0.15, -0.1) is 0 Å². The van der Waals surface area contributed by atoms with Gasteiger partial charge in [-0.3, -0.25) is 0 Å². The molecule has 1 aliphatic rings. The van der Waals surface area contributed by atoms with Gasteiger partial charge in [0.05, 0.1) is 0 Å². The van der Waals surface area contributed by atoms with Gasteiger partial charge in [-0.05, 0) is 49.4 Å². The Morgan fingerprint density at radius 1 is 1.27 bits per heavy atom. The summed E-state index contributed by atoms with van der Waals surface area (Å²) in [6.45, 7) is 7.30. The number of phenols is 1. The van der Waals surface area contributed by atoms with Crippen LogP contribution in [0.15, 0.2) is 12.1 Å². The topological polar surface area (TPSA) is 32.3 Å². The average molecular weight is 205 g/mol. The largest absolute Gasteiger partial charge is 0.507 e. The number of hydrogen-bond donors (Lipinski definition) is 2. The highest BCUT2D eigenvalue weighted by molar-refractivity contribution is 5.43. The SMILES string of the molecule is Cc1cc([C@@H]2C[C@@H](C)CN2)cc(C)c1O. The summed E-state index contributed by atoms with van der Waals surface area (Å²) in [4.78, 5) is 0. The highest BCUT2D eigenvalue weighted by Crippen LogP contribution is 2.31.